The van der Waals surface area contributed by atoms with Crippen molar-refractivity contribution in [3.63, 3.8) is 0 Å². The molecule has 5 aromatic rings. The normalized spacial score (nSPS) is 11.7. The molecule has 45 heavy (non-hydrogen) atoms. The van der Waals surface area contributed by atoms with Crippen LogP contribution >= 0.6 is 11.3 Å². The van der Waals surface area contributed by atoms with Gasteiger partial charge in [-0.1, -0.05) is 27.2 Å². The van der Waals surface area contributed by atoms with Gasteiger partial charge in [-0.15, -0.1) is 16.5 Å². The number of hydrogen-bond acceptors (Lipinski definition) is 9. The third-order valence-electron chi connectivity index (χ3n) is 6.84. The predicted molar refractivity (Wildman–Crippen MR) is 179 cm³/mol. The monoisotopic (exact) mass is 620 g/mol. The van der Waals surface area contributed by atoms with Crippen molar-refractivity contribution in [2.24, 2.45) is 26.4 Å². The number of hydrogen-bond donors (Lipinski definition) is 1. The Labute approximate surface area is 267 Å². The largest absolute Gasteiger partial charge is 0.493 e. The summed E-state index contributed by atoms with van der Waals surface area (Å²) in [6, 6.07) is 25.7. The van der Waals surface area contributed by atoms with E-state index < -0.39 is 0 Å². The number of azo groups is 2. The molecular weight excluding hydrogens is 584 g/mol. The van der Waals surface area contributed by atoms with Crippen LogP contribution in [0.2, 0.25) is 0 Å². The van der Waals surface area contributed by atoms with Gasteiger partial charge < -0.3 is 9.84 Å². The number of nitrogens with zero attached hydrogens (tertiary/aromatic N) is 6. The second-order valence-electron chi connectivity index (χ2n) is 11.0. The van der Waals surface area contributed by atoms with Crippen molar-refractivity contribution >= 4 is 39.9 Å². The van der Waals surface area contributed by atoms with E-state index in [1.165, 1.54) is 16.5 Å². The molecule has 3 aromatic carbocycles. The van der Waals surface area contributed by atoms with Crippen molar-refractivity contribution in [1.29, 1.82) is 0 Å². The predicted octanol–water partition coefficient (Wildman–Crippen LogP) is 10.7. The molecule has 0 unspecified atom stereocenters. The molecular formula is C35H36N6O3S. The van der Waals surface area contributed by atoms with E-state index in [1.54, 1.807) is 59.9 Å². The number of thiophene rings is 1. The van der Waals surface area contributed by atoms with Gasteiger partial charge in [-0.25, -0.2) is 0 Å². The zero-order valence-electron chi connectivity index (χ0n) is 25.8. The van der Waals surface area contributed by atoms with Crippen molar-refractivity contribution in [3.05, 3.63) is 95.4 Å². The number of rotatable bonds is 13. The van der Waals surface area contributed by atoms with Gasteiger partial charge in [0.15, 0.2) is 11.5 Å². The third kappa shape index (κ3) is 8.16. The summed E-state index contributed by atoms with van der Waals surface area (Å²) in [4.78, 5) is 13.6. The van der Waals surface area contributed by atoms with Gasteiger partial charge >= 0.3 is 0 Å². The number of aryl methyl sites for hydroxylation is 1. The molecule has 0 saturated carbocycles. The van der Waals surface area contributed by atoms with E-state index in [1.807, 2.05) is 30.3 Å². The van der Waals surface area contributed by atoms with Gasteiger partial charge in [0.2, 0.25) is 5.88 Å². The number of ketones is 1. The van der Waals surface area contributed by atoms with Gasteiger partial charge in [-0.3, -0.25) is 4.79 Å². The average molecular weight is 621 g/mol. The van der Waals surface area contributed by atoms with Crippen LogP contribution in [0.1, 0.15) is 55.8 Å². The van der Waals surface area contributed by atoms with E-state index in [4.69, 9.17) is 9.84 Å². The number of unbranched alkanes of at least 4 members (excludes halogenated alkanes) is 1. The number of ether oxygens (including phenoxy) is 1. The summed E-state index contributed by atoms with van der Waals surface area (Å²) in [5.74, 6) is 1.08. The first-order valence-electron chi connectivity index (χ1n) is 15.0. The van der Waals surface area contributed by atoms with Gasteiger partial charge in [0.05, 0.1) is 34.2 Å². The lowest BCUT2D eigenvalue weighted by Crippen LogP contribution is -2.04. The molecule has 0 amide bonds. The summed E-state index contributed by atoms with van der Waals surface area (Å²) < 4.78 is 7.30. The summed E-state index contributed by atoms with van der Waals surface area (Å²) >= 11 is 1.65. The van der Waals surface area contributed by atoms with Crippen molar-refractivity contribution in [1.82, 2.24) is 9.78 Å². The standard InChI is InChI=1S/C35H36N6O3S/c1-5-6-7-31-20-21-32(45-31)33-34(35(43)41(40-33)29-16-18-30(19-17-29)44-22-23(2)3)39-38-28-14-12-27(13-15-28)37-36-26-10-8-25(9-11-26)24(4)42/h8-21,23,43H,5-7,22H2,1-4H3/b37-36+,39-38+. The lowest BCUT2D eigenvalue weighted by Gasteiger charge is -2.09. The summed E-state index contributed by atoms with van der Waals surface area (Å²) in [6.45, 7) is 8.53. The Kier molecular flexibility index (Phi) is 10.3. The van der Waals surface area contributed by atoms with E-state index in [0.717, 1.165) is 29.9 Å². The molecule has 1 N–H and O–H groups in total. The first kappa shape index (κ1) is 31.5. The van der Waals surface area contributed by atoms with Crippen LogP contribution in [0.5, 0.6) is 11.6 Å². The SMILES string of the molecule is CCCCc1ccc(-c2nn(-c3ccc(OCC(C)C)cc3)c(O)c2/N=N/c2ccc(/N=N/c3ccc(C(C)=O)cc3)cc2)s1. The quantitative estimate of drug-likeness (QED) is 0.104. The molecule has 0 atom stereocenters. The van der Waals surface area contributed by atoms with E-state index >= 15 is 0 Å². The van der Waals surface area contributed by atoms with Crippen LogP contribution in [-0.4, -0.2) is 27.3 Å². The molecule has 0 saturated heterocycles. The van der Waals surface area contributed by atoms with E-state index in [0.29, 0.717) is 46.5 Å². The van der Waals surface area contributed by atoms with Crippen LogP contribution in [0.25, 0.3) is 16.3 Å². The Bertz CT molecular complexity index is 1790. The van der Waals surface area contributed by atoms with Crippen LogP contribution in [0.3, 0.4) is 0 Å². The van der Waals surface area contributed by atoms with E-state index in [-0.39, 0.29) is 17.4 Å². The maximum atomic E-state index is 11.5. The fourth-order valence-electron chi connectivity index (χ4n) is 4.35. The number of aromatic hydroxyl groups is 1. The highest BCUT2D eigenvalue weighted by Crippen LogP contribution is 2.42. The lowest BCUT2D eigenvalue weighted by atomic mass is 10.1. The minimum atomic E-state index is -0.102. The van der Waals surface area contributed by atoms with Gasteiger partial charge in [-0.05, 0) is 111 Å². The summed E-state index contributed by atoms with van der Waals surface area (Å²) in [5.41, 5.74) is 4.03. The molecule has 0 aliphatic rings. The summed E-state index contributed by atoms with van der Waals surface area (Å²) in [5, 5.41) is 33.5. The molecule has 230 valence electrons. The smallest absolute Gasteiger partial charge is 0.243 e. The maximum Gasteiger partial charge on any atom is 0.243 e. The molecule has 2 heterocycles. The molecule has 0 aliphatic heterocycles. The second-order valence-corrected chi connectivity index (χ2v) is 12.2. The minimum absolute atomic E-state index is 0.00409. The molecule has 5 rings (SSSR count). The van der Waals surface area contributed by atoms with Crippen LogP contribution in [0.15, 0.2) is 105 Å². The Morgan fingerprint density at radius 3 is 2.04 bits per heavy atom. The number of benzene rings is 3. The first-order valence-corrected chi connectivity index (χ1v) is 15.8. The fourth-order valence-corrected chi connectivity index (χ4v) is 5.38. The van der Waals surface area contributed by atoms with Crippen LogP contribution < -0.4 is 4.74 Å². The topological polar surface area (TPSA) is 114 Å². The molecule has 0 aliphatic carbocycles. The van der Waals surface area contributed by atoms with Crippen molar-refractivity contribution < 1.29 is 14.6 Å². The van der Waals surface area contributed by atoms with Crippen LogP contribution in [0, 0.1) is 5.92 Å². The number of Topliss-reactive ketones (excluding diaryl/α,β-unsaturated/α-hetero) is 1. The number of aromatic nitrogens is 2. The zero-order chi connectivity index (χ0) is 31.8. The van der Waals surface area contributed by atoms with Crippen molar-refractivity contribution in [2.45, 2.75) is 47.0 Å². The Balaban J connectivity index is 1.40. The van der Waals surface area contributed by atoms with Crippen LogP contribution in [-0.2, 0) is 6.42 Å². The molecule has 0 bridgehead atoms. The van der Waals surface area contributed by atoms with Crippen molar-refractivity contribution in [3.8, 4) is 27.9 Å². The van der Waals surface area contributed by atoms with Gasteiger partial charge in [0, 0.05) is 10.4 Å². The highest BCUT2D eigenvalue weighted by atomic mass is 32.1. The molecule has 0 spiro atoms. The third-order valence-corrected chi connectivity index (χ3v) is 7.99. The zero-order valence-corrected chi connectivity index (χ0v) is 26.7. The van der Waals surface area contributed by atoms with Crippen molar-refractivity contribution in [2.75, 3.05) is 6.61 Å². The number of carbonyl (C=O) groups is 1. The fraction of sp³-hybridized carbons (Fsp3) is 0.257. The van der Waals surface area contributed by atoms with E-state index in [2.05, 4.69) is 47.3 Å². The van der Waals surface area contributed by atoms with Gasteiger partial charge in [0.1, 0.15) is 11.4 Å². The molecule has 10 heteroatoms. The highest BCUT2D eigenvalue weighted by molar-refractivity contribution is 7.15. The molecule has 2 aromatic heterocycles. The van der Waals surface area contributed by atoms with Gasteiger partial charge in [0.25, 0.3) is 0 Å². The van der Waals surface area contributed by atoms with E-state index in [9.17, 15) is 9.90 Å². The molecule has 0 fully saturated rings. The Hall–Kier alpha value is -4.96. The lowest BCUT2D eigenvalue weighted by molar-refractivity contribution is 0.101. The van der Waals surface area contributed by atoms with Gasteiger partial charge in [-0.2, -0.15) is 25.1 Å². The highest BCUT2D eigenvalue weighted by Gasteiger charge is 2.22. The maximum absolute atomic E-state index is 11.5. The average Bonchev–Trinajstić information content (AvgIpc) is 3.65. The summed E-state index contributed by atoms with van der Waals surface area (Å²) in [6.07, 6.45) is 3.22. The first-order chi connectivity index (χ1) is 21.8. The Morgan fingerprint density at radius 2 is 1.47 bits per heavy atom. The molecule has 9 nitrogen and oxygen atoms in total. The minimum Gasteiger partial charge on any atom is -0.493 e. The molecule has 0 radical (unpaired) electrons. The Morgan fingerprint density at radius 1 is 0.867 bits per heavy atom. The second kappa shape index (κ2) is 14.7. The van der Waals surface area contributed by atoms with Crippen LogP contribution in [0.4, 0.5) is 22.7 Å². The summed E-state index contributed by atoms with van der Waals surface area (Å²) in [7, 11) is 0. The number of carbonyl (C=O) groups excluding carboxylic acids is 1.